The molecule has 3 aromatic carbocycles. The number of thioether (sulfide) groups is 1. The second-order valence-corrected chi connectivity index (χ2v) is 11.1. The van der Waals surface area contributed by atoms with E-state index in [2.05, 4.69) is 26.0 Å². The number of benzene rings is 3. The average molecular weight is 498 g/mol. The Morgan fingerprint density at radius 1 is 1.03 bits per heavy atom. The molecule has 0 unspecified atom stereocenters. The molecule has 2 N–H and O–H groups in total. The Balaban J connectivity index is 1.74. The van der Waals surface area contributed by atoms with E-state index < -0.39 is 6.04 Å². The third-order valence-corrected chi connectivity index (χ3v) is 7.70. The number of fused-ring (bicyclic) bond motifs is 1. The highest BCUT2D eigenvalue weighted by molar-refractivity contribution is 8.03. The molecule has 1 aliphatic heterocycles. The van der Waals surface area contributed by atoms with E-state index in [0.717, 1.165) is 44.5 Å². The van der Waals surface area contributed by atoms with Crippen LogP contribution in [0.25, 0.3) is 0 Å². The monoisotopic (exact) mass is 497 g/mol. The van der Waals surface area contributed by atoms with Gasteiger partial charge in [0.15, 0.2) is 5.78 Å². The molecule has 0 aromatic heterocycles. The number of guanidine groups is 1. The minimum atomic E-state index is -0.400. The van der Waals surface area contributed by atoms with E-state index in [1.165, 1.54) is 0 Å². The van der Waals surface area contributed by atoms with Crippen LogP contribution in [0.5, 0.6) is 5.75 Å². The van der Waals surface area contributed by atoms with Crippen LogP contribution in [0.15, 0.2) is 99.2 Å². The lowest BCUT2D eigenvalue weighted by Crippen LogP contribution is -2.43. The molecule has 6 heteroatoms. The number of para-hydroxylation sites is 2. The Morgan fingerprint density at radius 3 is 2.44 bits per heavy atom. The van der Waals surface area contributed by atoms with Gasteiger partial charge in [-0.1, -0.05) is 68.1 Å². The summed E-state index contributed by atoms with van der Waals surface area (Å²) < 4.78 is 5.69. The maximum Gasteiger partial charge on any atom is 0.201 e. The minimum absolute atomic E-state index is 0.0971. The first-order valence-electron chi connectivity index (χ1n) is 12.3. The van der Waals surface area contributed by atoms with Gasteiger partial charge in [-0.25, -0.2) is 4.99 Å². The summed E-state index contributed by atoms with van der Waals surface area (Å²) in [4.78, 5) is 22.8. The smallest absolute Gasteiger partial charge is 0.201 e. The van der Waals surface area contributed by atoms with E-state index in [1.807, 2.05) is 78.6 Å². The molecule has 0 fully saturated rings. The highest BCUT2D eigenvalue weighted by atomic mass is 32.2. The third-order valence-electron chi connectivity index (χ3n) is 6.52. The number of rotatable bonds is 4. The summed E-state index contributed by atoms with van der Waals surface area (Å²) in [6, 6.07) is 25.5. The van der Waals surface area contributed by atoms with Crippen molar-refractivity contribution < 1.29 is 9.53 Å². The quantitative estimate of drug-likeness (QED) is 0.310. The van der Waals surface area contributed by atoms with Crippen molar-refractivity contribution in [3.8, 4) is 5.75 Å². The predicted octanol–water partition coefficient (Wildman–Crippen LogP) is 7.03. The van der Waals surface area contributed by atoms with Gasteiger partial charge in [0.25, 0.3) is 0 Å². The fourth-order valence-corrected chi connectivity index (χ4v) is 6.47. The number of carbonyl (C=O) groups excluding carboxylic acids is 1. The standard InChI is InChI=1S/C30H31N3O2S/c1-4-35-22-16-14-20(15-17-22)28-27-24(34)18-30(2,3)19-26(27)36-25-13-9-8-12-23(25)33(28)29(31)32-21-10-6-5-7-11-21/h5-17,28H,4,18-19H2,1-3H3,(H2,31,32)/t28-/m0/s1. The number of ether oxygens (including phenoxy) is 1. The van der Waals surface area contributed by atoms with Crippen LogP contribution in [0, 0.1) is 5.41 Å². The molecule has 3 aromatic rings. The van der Waals surface area contributed by atoms with Gasteiger partial charge in [-0.3, -0.25) is 9.69 Å². The van der Waals surface area contributed by atoms with E-state index in [-0.39, 0.29) is 11.2 Å². The molecule has 5 rings (SSSR count). The van der Waals surface area contributed by atoms with Crippen molar-refractivity contribution in [3.05, 3.63) is 94.9 Å². The molecule has 0 radical (unpaired) electrons. The molecule has 0 saturated heterocycles. The lowest BCUT2D eigenvalue weighted by Gasteiger charge is -2.37. The van der Waals surface area contributed by atoms with Crippen molar-refractivity contribution in [1.29, 1.82) is 0 Å². The van der Waals surface area contributed by atoms with Crippen molar-refractivity contribution in [2.75, 3.05) is 11.5 Å². The number of aliphatic imine (C=N–C) groups is 1. The largest absolute Gasteiger partial charge is 0.494 e. The number of anilines is 1. The van der Waals surface area contributed by atoms with Crippen LogP contribution in [0.4, 0.5) is 11.4 Å². The molecule has 1 atom stereocenters. The van der Waals surface area contributed by atoms with Crippen molar-refractivity contribution in [2.24, 2.45) is 16.1 Å². The molecule has 36 heavy (non-hydrogen) atoms. The number of nitrogens with zero attached hydrogens (tertiary/aromatic N) is 2. The van der Waals surface area contributed by atoms with Gasteiger partial charge in [-0.15, -0.1) is 0 Å². The lowest BCUT2D eigenvalue weighted by molar-refractivity contribution is -0.118. The maximum atomic E-state index is 13.8. The number of carbonyl (C=O) groups is 1. The van der Waals surface area contributed by atoms with Gasteiger partial charge in [0.2, 0.25) is 5.96 Å². The summed E-state index contributed by atoms with van der Waals surface area (Å²) in [5.41, 5.74) is 10.2. The van der Waals surface area contributed by atoms with Gasteiger partial charge < -0.3 is 10.5 Å². The first-order chi connectivity index (χ1) is 17.4. The van der Waals surface area contributed by atoms with Gasteiger partial charge in [0.05, 0.1) is 24.0 Å². The van der Waals surface area contributed by atoms with Crippen LogP contribution in [-0.4, -0.2) is 18.3 Å². The van der Waals surface area contributed by atoms with Gasteiger partial charge in [-0.2, -0.15) is 0 Å². The zero-order valence-electron chi connectivity index (χ0n) is 20.9. The molecular formula is C30H31N3O2S. The highest BCUT2D eigenvalue weighted by Crippen LogP contribution is 2.53. The van der Waals surface area contributed by atoms with Crippen LogP contribution in [-0.2, 0) is 4.79 Å². The summed E-state index contributed by atoms with van der Waals surface area (Å²) in [6.07, 6.45) is 1.34. The van der Waals surface area contributed by atoms with Gasteiger partial charge in [0.1, 0.15) is 5.75 Å². The van der Waals surface area contributed by atoms with Crippen LogP contribution in [0.3, 0.4) is 0 Å². The van der Waals surface area contributed by atoms with Crippen molar-refractivity contribution >= 4 is 34.9 Å². The number of hydrogen-bond acceptors (Lipinski definition) is 4. The van der Waals surface area contributed by atoms with Gasteiger partial charge >= 0.3 is 0 Å². The number of allylic oxidation sites excluding steroid dienone is 1. The molecule has 0 saturated carbocycles. The summed E-state index contributed by atoms with van der Waals surface area (Å²) in [6.45, 7) is 6.90. The second kappa shape index (κ2) is 9.86. The Hall–Kier alpha value is -3.51. The Morgan fingerprint density at radius 2 is 1.72 bits per heavy atom. The zero-order chi connectivity index (χ0) is 25.3. The number of Topliss-reactive ketones (excluding diaryl/α,β-unsaturated/α-hetero) is 1. The van der Waals surface area contributed by atoms with Gasteiger partial charge in [-0.05, 0) is 65.6 Å². The molecule has 0 spiro atoms. The number of nitrogens with two attached hydrogens (primary N) is 1. The van der Waals surface area contributed by atoms with E-state index in [0.29, 0.717) is 19.0 Å². The van der Waals surface area contributed by atoms with Crippen molar-refractivity contribution in [2.45, 2.75) is 44.6 Å². The number of hydrogen-bond donors (Lipinski definition) is 1. The Labute approximate surface area is 217 Å². The summed E-state index contributed by atoms with van der Waals surface area (Å²) in [5, 5.41) is 0. The van der Waals surface area contributed by atoms with E-state index >= 15 is 0 Å². The van der Waals surface area contributed by atoms with Crippen molar-refractivity contribution in [3.63, 3.8) is 0 Å². The topological polar surface area (TPSA) is 67.9 Å². The summed E-state index contributed by atoms with van der Waals surface area (Å²) >= 11 is 1.69. The average Bonchev–Trinajstić information content (AvgIpc) is 2.99. The van der Waals surface area contributed by atoms with E-state index in [1.54, 1.807) is 11.8 Å². The molecule has 184 valence electrons. The van der Waals surface area contributed by atoms with Crippen molar-refractivity contribution in [1.82, 2.24) is 0 Å². The minimum Gasteiger partial charge on any atom is -0.494 e. The Kier molecular flexibility index (Phi) is 6.63. The maximum absolute atomic E-state index is 13.8. The predicted molar refractivity (Wildman–Crippen MR) is 148 cm³/mol. The number of ketones is 1. The van der Waals surface area contributed by atoms with Crippen LogP contribution >= 0.6 is 11.8 Å². The molecular weight excluding hydrogens is 466 g/mol. The molecule has 1 heterocycles. The third kappa shape index (κ3) is 4.78. The first-order valence-corrected chi connectivity index (χ1v) is 13.1. The SMILES string of the molecule is CCOc1ccc([C@H]2C3=C(CC(C)(C)CC3=O)Sc3ccccc3N2C(N)=Nc2ccccc2)cc1. The van der Waals surface area contributed by atoms with Crippen LogP contribution < -0.4 is 15.4 Å². The molecule has 0 bridgehead atoms. The molecule has 2 aliphatic rings. The van der Waals surface area contributed by atoms with Gasteiger partial charge in [0, 0.05) is 16.9 Å². The molecule has 0 amide bonds. The normalized spacial score (nSPS) is 19.4. The lowest BCUT2D eigenvalue weighted by atomic mass is 9.75. The van der Waals surface area contributed by atoms with Crippen LogP contribution in [0.2, 0.25) is 0 Å². The van der Waals surface area contributed by atoms with Crippen LogP contribution in [0.1, 0.15) is 45.2 Å². The van der Waals surface area contributed by atoms with E-state index in [4.69, 9.17) is 15.5 Å². The highest BCUT2D eigenvalue weighted by Gasteiger charge is 2.42. The second-order valence-electron chi connectivity index (χ2n) is 9.93. The fourth-order valence-electron chi connectivity index (χ4n) is 4.99. The Bertz CT molecular complexity index is 1330. The summed E-state index contributed by atoms with van der Waals surface area (Å²) in [7, 11) is 0. The first kappa shape index (κ1) is 24.2. The summed E-state index contributed by atoms with van der Waals surface area (Å²) in [5.74, 6) is 1.31. The molecule has 5 nitrogen and oxygen atoms in total. The van der Waals surface area contributed by atoms with E-state index in [9.17, 15) is 4.79 Å². The zero-order valence-corrected chi connectivity index (χ0v) is 21.7. The fraction of sp³-hybridized carbons (Fsp3) is 0.267. The molecule has 1 aliphatic carbocycles.